The zero-order chi connectivity index (χ0) is 15.6. The molecule has 1 N–H and O–H groups in total. The highest BCUT2D eigenvalue weighted by atomic mass is 32.1. The molecule has 0 saturated heterocycles. The predicted octanol–water partition coefficient (Wildman–Crippen LogP) is 5.35. The first-order valence-corrected chi connectivity index (χ1v) is 9.26. The lowest BCUT2D eigenvalue weighted by Gasteiger charge is -2.30. The number of benzene rings is 1. The molecule has 118 valence electrons. The number of thiophene rings is 1. The summed E-state index contributed by atoms with van der Waals surface area (Å²) in [5.41, 5.74) is 1.01. The normalized spacial score (nSPS) is 21.4. The van der Waals surface area contributed by atoms with E-state index in [0.717, 1.165) is 27.4 Å². The highest BCUT2D eigenvalue weighted by Crippen LogP contribution is 2.31. The summed E-state index contributed by atoms with van der Waals surface area (Å²) in [5.74, 6) is 2.50. The Balaban J connectivity index is 1.77. The maximum Gasteiger partial charge on any atom is 0.172 e. The highest BCUT2D eigenvalue weighted by Gasteiger charge is 2.22. The minimum atomic E-state index is 0.512. The molecule has 3 aromatic rings. The highest BCUT2D eigenvalue weighted by molar-refractivity contribution is 7.13. The smallest absolute Gasteiger partial charge is 0.172 e. The van der Waals surface area contributed by atoms with Gasteiger partial charge >= 0.3 is 0 Å². The lowest BCUT2D eigenvalue weighted by atomic mass is 9.86. The van der Waals surface area contributed by atoms with Crippen LogP contribution in [0.5, 0.6) is 0 Å². The summed E-state index contributed by atoms with van der Waals surface area (Å²) in [6, 6.07) is 12.9. The second-order valence-corrected chi connectivity index (χ2v) is 7.35. The third-order valence-corrected chi connectivity index (χ3v) is 5.64. The molecule has 1 aromatic carbocycles. The fourth-order valence-electron chi connectivity index (χ4n) is 3.41. The summed E-state index contributed by atoms with van der Waals surface area (Å²) in [6.45, 7) is 2.35. The molecule has 1 fully saturated rings. The van der Waals surface area contributed by atoms with E-state index in [2.05, 4.69) is 48.0 Å². The van der Waals surface area contributed by atoms with Gasteiger partial charge in [0.25, 0.3) is 0 Å². The van der Waals surface area contributed by atoms with Crippen molar-refractivity contribution in [2.75, 3.05) is 5.32 Å². The van der Waals surface area contributed by atoms with E-state index in [0.29, 0.717) is 12.0 Å². The van der Waals surface area contributed by atoms with Crippen molar-refractivity contribution in [2.24, 2.45) is 5.92 Å². The van der Waals surface area contributed by atoms with E-state index in [1.54, 1.807) is 11.3 Å². The molecule has 0 amide bonds. The van der Waals surface area contributed by atoms with Crippen LogP contribution in [0.3, 0.4) is 0 Å². The molecule has 0 spiro atoms. The van der Waals surface area contributed by atoms with E-state index in [4.69, 9.17) is 9.97 Å². The number of anilines is 1. The predicted molar refractivity (Wildman–Crippen MR) is 97.9 cm³/mol. The lowest BCUT2D eigenvalue weighted by Crippen LogP contribution is -2.30. The molecule has 3 nitrogen and oxygen atoms in total. The summed E-state index contributed by atoms with van der Waals surface area (Å²) in [5, 5.41) is 6.92. The Hall–Kier alpha value is -1.94. The van der Waals surface area contributed by atoms with Gasteiger partial charge in [-0.15, -0.1) is 11.3 Å². The largest absolute Gasteiger partial charge is 0.366 e. The van der Waals surface area contributed by atoms with Crippen LogP contribution in [-0.4, -0.2) is 16.0 Å². The van der Waals surface area contributed by atoms with Crippen LogP contribution in [0, 0.1) is 5.92 Å². The van der Waals surface area contributed by atoms with Crippen molar-refractivity contribution in [1.82, 2.24) is 9.97 Å². The first-order valence-electron chi connectivity index (χ1n) is 8.38. The monoisotopic (exact) mass is 323 g/mol. The van der Waals surface area contributed by atoms with Crippen LogP contribution < -0.4 is 5.32 Å². The van der Waals surface area contributed by atoms with Gasteiger partial charge in [0.05, 0.1) is 10.4 Å². The number of rotatable bonds is 3. The summed E-state index contributed by atoms with van der Waals surface area (Å²) in [7, 11) is 0. The topological polar surface area (TPSA) is 37.8 Å². The number of hydrogen-bond donors (Lipinski definition) is 1. The van der Waals surface area contributed by atoms with E-state index in [-0.39, 0.29) is 0 Å². The van der Waals surface area contributed by atoms with Gasteiger partial charge in [-0.05, 0) is 42.3 Å². The van der Waals surface area contributed by atoms with E-state index in [9.17, 15) is 0 Å². The molecular formula is C19H21N3S. The van der Waals surface area contributed by atoms with Gasteiger partial charge in [0, 0.05) is 11.4 Å². The fraction of sp³-hybridized carbons (Fsp3) is 0.368. The second kappa shape index (κ2) is 6.28. The summed E-state index contributed by atoms with van der Waals surface area (Å²) >= 11 is 1.69. The quantitative estimate of drug-likeness (QED) is 0.706. The number of fused-ring (bicyclic) bond motifs is 1. The number of nitrogens with zero attached hydrogens (tertiary/aromatic N) is 2. The van der Waals surface area contributed by atoms with Crippen LogP contribution in [0.4, 0.5) is 5.82 Å². The minimum Gasteiger partial charge on any atom is -0.366 e. The summed E-state index contributed by atoms with van der Waals surface area (Å²) in [4.78, 5) is 10.7. The molecule has 1 saturated carbocycles. The van der Waals surface area contributed by atoms with Crippen LogP contribution >= 0.6 is 11.3 Å². The maximum absolute atomic E-state index is 4.86. The Morgan fingerprint density at radius 3 is 2.74 bits per heavy atom. The van der Waals surface area contributed by atoms with Crippen LogP contribution in [0.2, 0.25) is 0 Å². The minimum absolute atomic E-state index is 0.512. The molecule has 2 aromatic heterocycles. The van der Waals surface area contributed by atoms with Crippen molar-refractivity contribution in [2.45, 2.75) is 38.6 Å². The molecular weight excluding hydrogens is 302 g/mol. The van der Waals surface area contributed by atoms with Crippen molar-refractivity contribution < 1.29 is 0 Å². The molecule has 2 atom stereocenters. The number of aromatic nitrogens is 2. The van der Waals surface area contributed by atoms with Crippen molar-refractivity contribution in [3.63, 3.8) is 0 Å². The third-order valence-electron chi connectivity index (χ3n) is 4.78. The molecule has 0 unspecified atom stereocenters. The maximum atomic E-state index is 4.86. The number of hydrogen-bond acceptors (Lipinski definition) is 4. The van der Waals surface area contributed by atoms with Crippen LogP contribution in [0.1, 0.15) is 32.6 Å². The average Bonchev–Trinajstić information content (AvgIpc) is 3.11. The van der Waals surface area contributed by atoms with Crippen molar-refractivity contribution in [1.29, 1.82) is 0 Å². The Kier molecular flexibility index (Phi) is 4.00. The lowest BCUT2D eigenvalue weighted by molar-refractivity contribution is 0.349. The van der Waals surface area contributed by atoms with Crippen LogP contribution in [-0.2, 0) is 0 Å². The van der Waals surface area contributed by atoms with Gasteiger partial charge in [-0.2, -0.15) is 0 Å². The molecule has 1 aliphatic rings. The third kappa shape index (κ3) is 2.95. The zero-order valence-electron chi connectivity index (χ0n) is 13.3. The van der Waals surface area contributed by atoms with Gasteiger partial charge in [0.15, 0.2) is 5.82 Å². The van der Waals surface area contributed by atoms with E-state index in [1.165, 1.54) is 25.7 Å². The molecule has 4 heteroatoms. The first kappa shape index (κ1) is 14.6. The van der Waals surface area contributed by atoms with Crippen LogP contribution in [0.25, 0.3) is 21.6 Å². The fourth-order valence-corrected chi connectivity index (χ4v) is 4.07. The van der Waals surface area contributed by atoms with Gasteiger partial charge in [0.1, 0.15) is 5.82 Å². The summed E-state index contributed by atoms with van der Waals surface area (Å²) < 4.78 is 0. The van der Waals surface area contributed by atoms with E-state index >= 15 is 0 Å². The van der Waals surface area contributed by atoms with Gasteiger partial charge in [-0.1, -0.05) is 38.0 Å². The van der Waals surface area contributed by atoms with E-state index < -0.39 is 0 Å². The summed E-state index contributed by atoms with van der Waals surface area (Å²) in [6.07, 6.45) is 5.19. The first-order chi connectivity index (χ1) is 11.3. The number of para-hydroxylation sites is 1. The molecule has 0 aliphatic heterocycles. The van der Waals surface area contributed by atoms with Crippen molar-refractivity contribution >= 4 is 28.1 Å². The van der Waals surface area contributed by atoms with Gasteiger partial charge in [0.2, 0.25) is 0 Å². The van der Waals surface area contributed by atoms with Gasteiger partial charge < -0.3 is 5.32 Å². The molecule has 0 radical (unpaired) electrons. The SMILES string of the molecule is C[C@H]1CCCC[C@H]1Nc1nc(-c2cccs2)nc2ccccc12. The molecule has 1 aliphatic carbocycles. The number of nitrogens with one attached hydrogen (secondary N) is 1. The van der Waals surface area contributed by atoms with Crippen molar-refractivity contribution in [3.8, 4) is 10.7 Å². The molecule has 0 bridgehead atoms. The van der Waals surface area contributed by atoms with Crippen molar-refractivity contribution in [3.05, 3.63) is 41.8 Å². The molecule has 23 heavy (non-hydrogen) atoms. The molecule has 4 rings (SSSR count). The standard InChI is InChI=1S/C19H21N3S/c1-13-7-2-4-9-15(13)20-18-14-8-3-5-10-16(14)21-19(22-18)17-11-6-12-23-17/h3,5-6,8,10-13,15H,2,4,7,9H2,1H3,(H,20,21,22)/t13-,15+/m0/s1. The van der Waals surface area contributed by atoms with Crippen LogP contribution in [0.15, 0.2) is 41.8 Å². The second-order valence-electron chi connectivity index (χ2n) is 6.40. The Morgan fingerprint density at radius 1 is 1.04 bits per heavy atom. The Labute approximate surface area is 140 Å². The van der Waals surface area contributed by atoms with Gasteiger partial charge in [-0.25, -0.2) is 9.97 Å². The average molecular weight is 323 g/mol. The molecule has 2 heterocycles. The Morgan fingerprint density at radius 2 is 1.91 bits per heavy atom. The zero-order valence-corrected chi connectivity index (χ0v) is 14.1. The Bertz CT molecular complexity index is 797. The van der Waals surface area contributed by atoms with Gasteiger partial charge in [-0.3, -0.25) is 0 Å². The van der Waals surface area contributed by atoms with E-state index in [1.807, 2.05) is 6.07 Å².